The van der Waals surface area contributed by atoms with Crippen molar-refractivity contribution in [2.75, 3.05) is 10.2 Å². The van der Waals surface area contributed by atoms with E-state index >= 15 is 0 Å². The van der Waals surface area contributed by atoms with Gasteiger partial charge in [0.05, 0.1) is 6.26 Å². The van der Waals surface area contributed by atoms with Gasteiger partial charge >= 0.3 is 0 Å². The fraction of sp³-hybridized carbons (Fsp3) is 0.280. The Labute approximate surface area is 192 Å². The Morgan fingerprint density at radius 3 is 2.42 bits per heavy atom. The summed E-state index contributed by atoms with van der Waals surface area (Å²) >= 11 is 0. The van der Waals surface area contributed by atoms with Gasteiger partial charge in [-0.25, -0.2) is 0 Å². The molecule has 1 atom stereocenters. The molecule has 0 unspecified atom stereocenters. The molecule has 3 amide bonds. The fourth-order valence-electron chi connectivity index (χ4n) is 4.12. The Morgan fingerprint density at radius 1 is 1.06 bits per heavy atom. The molecule has 2 N–H and O–H groups in total. The van der Waals surface area contributed by atoms with Crippen molar-refractivity contribution in [3.05, 3.63) is 78.5 Å². The van der Waals surface area contributed by atoms with Crippen LogP contribution >= 0.6 is 0 Å². The average molecular weight is 447 g/mol. The smallest absolute Gasteiger partial charge is 0.294 e. The average Bonchev–Trinajstić information content (AvgIpc) is 3.52. The molecular weight excluding hydrogens is 420 g/mol. The van der Waals surface area contributed by atoms with E-state index in [1.54, 1.807) is 60.9 Å². The summed E-state index contributed by atoms with van der Waals surface area (Å²) in [5.74, 6) is -0.817. The lowest BCUT2D eigenvalue weighted by Gasteiger charge is -2.31. The lowest BCUT2D eigenvalue weighted by atomic mass is 10.0. The first-order chi connectivity index (χ1) is 16.0. The van der Waals surface area contributed by atoms with Crippen molar-refractivity contribution in [1.29, 1.82) is 0 Å². The van der Waals surface area contributed by atoms with Gasteiger partial charge in [-0.05, 0) is 55.3 Å². The van der Waals surface area contributed by atoms with Crippen LogP contribution in [0.5, 0.6) is 0 Å². The molecule has 4 rings (SSSR count). The van der Waals surface area contributed by atoms with E-state index < -0.39 is 11.9 Å². The summed E-state index contributed by atoms with van der Waals surface area (Å²) in [5.41, 5.74) is 1.66. The molecule has 2 aromatic heterocycles. The Kier molecular flexibility index (Phi) is 6.83. The summed E-state index contributed by atoms with van der Waals surface area (Å²) in [4.78, 5) is 44.2. The van der Waals surface area contributed by atoms with Crippen LogP contribution in [0.4, 0.5) is 11.4 Å². The molecule has 33 heavy (non-hydrogen) atoms. The van der Waals surface area contributed by atoms with Crippen LogP contribution in [0, 0.1) is 0 Å². The van der Waals surface area contributed by atoms with Gasteiger partial charge in [-0.2, -0.15) is 0 Å². The highest BCUT2D eigenvalue weighted by atomic mass is 16.3. The third-order valence-corrected chi connectivity index (χ3v) is 5.62. The fourth-order valence-corrected chi connectivity index (χ4v) is 4.12. The van der Waals surface area contributed by atoms with E-state index in [0.29, 0.717) is 16.9 Å². The zero-order chi connectivity index (χ0) is 23.2. The number of anilines is 2. The summed E-state index contributed by atoms with van der Waals surface area (Å²) in [6, 6.07) is 12.6. The number of furan rings is 1. The van der Waals surface area contributed by atoms with Crippen molar-refractivity contribution in [2.45, 2.75) is 44.7 Å². The van der Waals surface area contributed by atoms with Gasteiger partial charge in [-0.15, -0.1) is 0 Å². The van der Waals surface area contributed by atoms with E-state index in [9.17, 15) is 14.4 Å². The van der Waals surface area contributed by atoms with Crippen molar-refractivity contribution in [3.8, 4) is 0 Å². The topological polar surface area (TPSA) is 105 Å². The number of benzene rings is 1. The first-order valence-electron chi connectivity index (χ1n) is 11.0. The maximum absolute atomic E-state index is 13.6. The molecule has 0 radical (unpaired) electrons. The quantitative estimate of drug-likeness (QED) is 0.569. The molecule has 8 heteroatoms. The molecule has 0 spiro atoms. The van der Waals surface area contributed by atoms with Crippen molar-refractivity contribution >= 4 is 29.1 Å². The molecule has 0 bridgehead atoms. The first-order valence-corrected chi connectivity index (χ1v) is 11.0. The molecule has 3 aromatic rings. The highest BCUT2D eigenvalue weighted by Gasteiger charge is 2.35. The second-order valence-corrected chi connectivity index (χ2v) is 8.06. The monoisotopic (exact) mass is 446 g/mol. The van der Waals surface area contributed by atoms with Gasteiger partial charge in [0.15, 0.2) is 5.76 Å². The minimum absolute atomic E-state index is 0.0828. The number of rotatable bonds is 7. The van der Waals surface area contributed by atoms with Crippen LogP contribution in [-0.2, 0) is 9.59 Å². The van der Waals surface area contributed by atoms with Crippen LogP contribution in [0.15, 0.2) is 71.6 Å². The lowest BCUT2D eigenvalue weighted by molar-refractivity contribution is -0.123. The molecule has 170 valence electrons. The van der Waals surface area contributed by atoms with Crippen LogP contribution in [0.25, 0.3) is 0 Å². The zero-order valence-corrected chi connectivity index (χ0v) is 18.4. The Bertz CT molecular complexity index is 1090. The van der Waals surface area contributed by atoms with E-state index in [2.05, 4.69) is 15.6 Å². The summed E-state index contributed by atoms with van der Waals surface area (Å²) in [7, 11) is 0. The van der Waals surface area contributed by atoms with Gasteiger partial charge in [0.25, 0.3) is 5.91 Å². The summed E-state index contributed by atoms with van der Waals surface area (Å²) in [6.45, 7) is 1.42. The minimum atomic E-state index is -0.955. The number of carbonyl (C=O) groups is 3. The Balaban J connectivity index is 1.76. The first kappa shape index (κ1) is 22.3. The molecule has 1 aliphatic rings. The lowest BCUT2D eigenvalue weighted by Crippen LogP contribution is -2.46. The SMILES string of the molecule is CC(=O)Nc1ccc(N(C(=O)c2ccco2)[C@@H](C(=O)NC2CCCC2)c2cccnc2)cc1. The maximum atomic E-state index is 13.6. The molecule has 8 nitrogen and oxygen atoms in total. The second-order valence-electron chi connectivity index (χ2n) is 8.06. The van der Waals surface area contributed by atoms with Gasteiger partial charge in [-0.1, -0.05) is 18.9 Å². The third kappa shape index (κ3) is 5.28. The highest BCUT2D eigenvalue weighted by molar-refractivity contribution is 6.08. The highest BCUT2D eigenvalue weighted by Crippen LogP contribution is 2.31. The van der Waals surface area contributed by atoms with E-state index in [4.69, 9.17) is 4.42 Å². The van der Waals surface area contributed by atoms with Crippen molar-refractivity contribution in [3.63, 3.8) is 0 Å². The Morgan fingerprint density at radius 2 is 1.82 bits per heavy atom. The number of nitrogens with one attached hydrogen (secondary N) is 2. The van der Waals surface area contributed by atoms with Gasteiger partial charge in [0.1, 0.15) is 6.04 Å². The standard InChI is InChI=1S/C25H26N4O4/c1-17(30)27-20-10-12-21(13-11-20)29(25(32)22-9-5-15-33-22)23(18-6-4-14-26-16-18)24(31)28-19-7-2-3-8-19/h4-6,9-16,19,23H,2-3,7-8H2,1H3,(H,27,30)(H,28,31)/t23-/m1/s1. The van der Waals surface area contributed by atoms with Crippen LogP contribution in [0.3, 0.4) is 0 Å². The van der Waals surface area contributed by atoms with Crippen molar-refractivity contribution < 1.29 is 18.8 Å². The molecular formula is C25H26N4O4. The van der Waals surface area contributed by atoms with Crippen LogP contribution in [0.1, 0.15) is 54.8 Å². The van der Waals surface area contributed by atoms with Gasteiger partial charge in [0, 0.05) is 42.3 Å². The van der Waals surface area contributed by atoms with Crippen LogP contribution in [-0.4, -0.2) is 28.7 Å². The maximum Gasteiger partial charge on any atom is 0.294 e. The van der Waals surface area contributed by atoms with E-state index in [0.717, 1.165) is 25.7 Å². The predicted octanol–water partition coefficient (Wildman–Crippen LogP) is 4.08. The summed E-state index contributed by atoms with van der Waals surface area (Å²) in [5, 5.41) is 5.83. The van der Waals surface area contributed by atoms with Crippen LogP contribution < -0.4 is 15.5 Å². The molecule has 1 fully saturated rings. The number of nitrogens with zero attached hydrogens (tertiary/aromatic N) is 2. The molecule has 1 aliphatic carbocycles. The van der Waals surface area contributed by atoms with E-state index in [1.807, 2.05) is 0 Å². The third-order valence-electron chi connectivity index (χ3n) is 5.62. The van der Waals surface area contributed by atoms with Crippen molar-refractivity contribution in [2.24, 2.45) is 0 Å². The largest absolute Gasteiger partial charge is 0.459 e. The molecule has 2 heterocycles. The molecule has 1 aromatic carbocycles. The van der Waals surface area contributed by atoms with E-state index in [-0.39, 0.29) is 23.6 Å². The molecule has 1 saturated carbocycles. The zero-order valence-electron chi connectivity index (χ0n) is 18.4. The van der Waals surface area contributed by atoms with Crippen LogP contribution in [0.2, 0.25) is 0 Å². The minimum Gasteiger partial charge on any atom is -0.459 e. The normalized spacial score (nSPS) is 14.5. The number of carbonyl (C=O) groups excluding carboxylic acids is 3. The Hall–Kier alpha value is -3.94. The molecule has 0 aliphatic heterocycles. The van der Waals surface area contributed by atoms with Gasteiger partial charge in [-0.3, -0.25) is 24.3 Å². The van der Waals surface area contributed by atoms with Gasteiger partial charge < -0.3 is 15.1 Å². The number of aromatic nitrogens is 1. The number of pyridine rings is 1. The van der Waals surface area contributed by atoms with E-state index in [1.165, 1.54) is 18.1 Å². The second kappa shape index (κ2) is 10.1. The number of hydrogen-bond acceptors (Lipinski definition) is 5. The van der Waals surface area contributed by atoms with Gasteiger partial charge in [0.2, 0.25) is 11.8 Å². The summed E-state index contributed by atoms with van der Waals surface area (Å²) < 4.78 is 5.38. The summed E-state index contributed by atoms with van der Waals surface area (Å²) in [6.07, 6.45) is 8.61. The molecule has 0 saturated heterocycles. The van der Waals surface area contributed by atoms with Crippen molar-refractivity contribution in [1.82, 2.24) is 10.3 Å². The predicted molar refractivity (Wildman–Crippen MR) is 124 cm³/mol. The number of amides is 3. The number of hydrogen-bond donors (Lipinski definition) is 2.